The Balaban J connectivity index is 1.36. The molecular formula is C22H28FN5. The zero-order valence-corrected chi connectivity index (χ0v) is 16.4. The van der Waals surface area contributed by atoms with E-state index in [2.05, 4.69) is 31.2 Å². The van der Waals surface area contributed by atoms with Gasteiger partial charge in [0.05, 0.1) is 0 Å². The lowest BCUT2D eigenvalue weighted by atomic mass is 9.64. The molecule has 1 N–H and O–H groups in total. The van der Waals surface area contributed by atoms with E-state index < -0.39 is 0 Å². The second-order valence-corrected chi connectivity index (χ2v) is 7.70. The number of nitrogens with one attached hydrogen (secondary N) is 1. The highest BCUT2D eigenvalue weighted by molar-refractivity contribution is 5.80. The molecule has 1 aromatic carbocycles. The molecule has 6 heteroatoms. The summed E-state index contributed by atoms with van der Waals surface area (Å²) >= 11 is 0. The Bertz CT molecular complexity index is 793. The summed E-state index contributed by atoms with van der Waals surface area (Å²) in [5, 5.41) is 3.60. The number of aromatic nitrogens is 1. The largest absolute Gasteiger partial charge is 0.355 e. The summed E-state index contributed by atoms with van der Waals surface area (Å²) in [4.78, 5) is 13.6. The summed E-state index contributed by atoms with van der Waals surface area (Å²) in [6.07, 6.45) is 5.34. The summed E-state index contributed by atoms with van der Waals surface area (Å²) in [6.45, 7) is 4.53. The molecule has 148 valence electrons. The van der Waals surface area contributed by atoms with Gasteiger partial charge in [-0.1, -0.05) is 24.6 Å². The van der Waals surface area contributed by atoms with E-state index in [1.165, 1.54) is 12.0 Å². The average molecular weight is 381 g/mol. The summed E-state index contributed by atoms with van der Waals surface area (Å²) in [7, 11) is 1.85. The molecule has 5 nitrogen and oxygen atoms in total. The van der Waals surface area contributed by atoms with Crippen molar-refractivity contribution in [2.45, 2.75) is 24.7 Å². The van der Waals surface area contributed by atoms with Crippen molar-refractivity contribution >= 4 is 11.8 Å². The van der Waals surface area contributed by atoms with Gasteiger partial charge in [-0.05, 0) is 42.7 Å². The van der Waals surface area contributed by atoms with Gasteiger partial charge in [-0.25, -0.2) is 9.37 Å². The molecule has 0 unspecified atom stereocenters. The normalized spacial score (nSPS) is 19.3. The van der Waals surface area contributed by atoms with Crippen molar-refractivity contribution in [3.05, 3.63) is 60.0 Å². The van der Waals surface area contributed by atoms with Crippen molar-refractivity contribution in [2.75, 3.05) is 44.7 Å². The molecule has 2 aromatic rings. The Hall–Kier alpha value is -2.63. The minimum absolute atomic E-state index is 0.0966. The van der Waals surface area contributed by atoms with Gasteiger partial charge >= 0.3 is 0 Å². The molecular weight excluding hydrogens is 353 g/mol. The number of anilines is 1. The minimum Gasteiger partial charge on any atom is -0.355 e. The van der Waals surface area contributed by atoms with Crippen LogP contribution in [0.15, 0.2) is 53.7 Å². The highest BCUT2D eigenvalue weighted by atomic mass is 19.1. The second-order valence-electron chi connectivity index (χ2n) is 7.70. The molecule has 0 atom stereocenters. The predicted octanol–water partition coefficient (Wildman–Crippen LogP) is 3.04. The Morgan fingerprint density at radius 2 is 1.86 bits per heavy atom. The molecule has 1 aliphatic heterocycles. The van der Waals surface area contributed by atoms with Crippen LogP contribution in [-0.2, 0) is 5.41 Å². The summed E-state index contributed by atoms with van der Waals surface area (Å²) in [5.41, 5.74) is 1.32. The van der Waals surface area contributed by atoms with Gasteiger partial charge in [0.1, 0.15) is 11.6 Å². The number of hydrogen-bond acceptors (Lipinski definition) is 3. The van der Waals surface area contributed by atoms with Crippen LogP contribution in [0.25, 0.3) is 0 Å². The van der Waals surface area contributed by atoms with Gasteiger partial charge in [0.25, 0.3) is 0 Å². The molecule has 0 spiro atoms. The van der Waals surface area contributed by atoms with Gasteiger partial charge < -0.3 is 15.1 Å². The average Bonchev–Trinajstić information content (AvgIpc) is 2.72. The number of piperazine rings is 1. The lowest BCUT2D eigenvalue weighted by molar-refractivity contribution is 0.239. The van der Waals surface area contributed by atoms with Gasteiger partial charge in [0, 0.05) is 51.4 Å². The van der Waals surface area contributed by atoms with Crippen LogP contribution < -0.4 is 10.2 Å². The van der Waals surface area contributed by atoms with Crippen molar-refractivity contribution < 1.29 is 4.39 Å². The van der Waals surface area contributed by atoms with E-state index in [1.54, 1.807) is 12.1 Å². The first-order chi connectivity index (χ1) is 13.7. The number of aliphatic imine (C=N–C) groups is 1. The van der Waals surface area contributed by atoms with Crippen molar-refractivity contribution in [1.82, 2.24) is 15.2 Å². The maximum atomic E-state index is 13.3. The highest BCUT2D eigenvalue weighted by Crippen LogP contribution is 2.43. The van der Waals surface area contributed by atoms with Crippen LogP contribution in [0.4, 0.5) is 10.2 Å². The first kappa shape index (κ1) is 18.7. The van der Waals surface area contributed by atoms with Crippen LogP contribution >= 0.6 is 0 Å². The fourth-order valence-electron chi connectivity index (χ4n) is 4.24. The molecule has 2 aliphatic rings. The number of rotatable bonds is 4. The number of hydrogen-bond donors (Lipinski definition) is 1. The number of benzene rings is 1. The minimum atomic E-state index is -0.173. The Labute approximate surface area is 166 Å². The van der Waals surface area contributed by atoms with E-state index in [1.807, 2.05) is 37.5 Å². The van der Waals surface area contributed by atoms with Crippen LogP contribution in [0.5, 0.6) is 0 Å². The van der Waals surface area contributed by atoms with Gasteiger partial charge in [-0.15, -0.1) is 0 Å². The van der Waals surface area contributed by atoms with Crippen LogP contribution in [0, 0.1) is 5.82 Å². The van der Waals surface area contributed by atoms with Crippen LogP contribution in [0.3, 0.4) is 0 Å². The first-order valence-corrected chi connectivity index (χ1v) is 10.1. The second kappa shape index (κ2) is 8.17. The van der Waals surface area contributed by atoms with E-state index in [0.29, 0.717) is 0 Å². The number of nitrogens with zero attached hydrogens (tertiary/aromatic N) is 4. The number of halogens is 1. The van der Waals surface area contributed by atoms with E-state index in [9.17, 15) is 4.39 Å². The fourth-order valence-corrected chi connectivity index (χ4v) is 4.24. The third-order valence-corrected chi connectivity index (χ3v) is 6.12. The highest BCUT2D eigenvalue weighted by Gasteiger charge is 2.39. The van der Waals surface area contributed by atoms with E-state index in [-0.39, 0.29) is 11.2 Å². The van der Waals surface area contributed by atoms with Gasteiger partial charge in [0.2, 0.25) is 0 Å². The third kappa shape index (κ3) is 3.81. The molecule has 0 bridgehead atoms. The molecule has 1 aromatic heterocycles. The van der Waals surface area contributed by atoms with Gasteiger partial charge in [-0.2, -0.15) is 0 Å². The van der Waals surface area contributed by atoms with E-state index in [4.69, 9.17) is 0 Å². The molecule has 0 radical (unpaired) electrons. The zero-order valence-electron chi connectivity index (χ0n) is 16.4. The fraction of sp³-hybridized carbons (Fsp3) is 0.455. The van der Waals surface area contributed by atoms with E-state index in [0.717, 1.165) is 57.3 Å². The molecule has 1 saturated carbocycles. The van der Waals surface area contributed by atoms with Crippen LogP contribution in [-0.4, -0.2) is 55.6 Å². The van der Waals surface area contributed by atoms with Gasteiger partial charge in [0.15, 0.2) is 5.96 Å². The number of pyridine rings is 1. The van der Waals surface area contributed by atoms with Crippen LogP contribution in [0.1, 0.15) is 24.8 Å². The summed E-state index contributed by atoms with van der Waals surface area (Å²) in [6, 6.07) is 13.1. The maximum absolute atomic E-state index is 13.3. The third-order valence-electron chi connectivity index (χ3n) is 6.12. The smallest absolute Gasteiger partial charge is 0.193 e. The van der Waals surface area contributed by atoms with Crippen LogP contribution in [0.2, 0.25) is 0 Å². The number of guanidine groups is 1. The molecule has 2 heterocycles. The quantitative estimate of drug-likeness (QED) is 0.653. The predicted molar refractivity (Wildman–Crippen MR) is 111 cm³/mol. The lowest BCUT2D eigenvalue weighted by Crippen LogP contribution is -2.55. The molecule has 4 rings (SSSR count). The summed E-state index contributed by atoms with van der Waals surface area (Å²) in [5.74, 6) is 1.82. The topological polar surface area (TPSA) is 43.8 Å². The molecule has 1 aliphatic carbocycles. The standard InChI is InChI=1S/C22H28FN5/c1-24-21(28-15-13-27(14-16-28)20-5-2-3-12-25-20)26-17-22(10-4-11-22)18-6-8-19(23)9-7-18/h2-3,5-9,12H,4,10-11,13-17H2,1H3,(H,24,26). The van der Waals surface area contributed by atoms with Crippen molar-refractivity contribution in [1.29, 1.82) is 0 Å². The Morgan fingerprint density at radius 3 is 2.43 bits per heavy atom. The monoisotopic (exact) mass is 381 g/mol. The SMILES string of the molecule is CN=C(NCC1(c2ccc(F)cc2)CCC1)N1CCN(c2ccccn2)CC1. The Morgan fingerprint density at radius 1 is 1.11 bits per heavy atom. The molecule has 2 fully saturated rings. The molecule has 0 amide bonds. The van der Waals surface area contributed by atoms with Crippen molar-refractivity contribution in [2.24, 2.45) is 4.99 Å². The maximum Gasteiger partial charge on any atom is 0.193 e. The molecule has 28 heavy (non-hydrogen) atoms. The molecule has 1 saturated heterocycles. The van der Waals surface area contributed by atoms with Crippen molar-refractivity contribution in [3.8, 4) is 0 Å². The van der Waals surface area contributed by atoms with Gasteiger partial charge in [-0.3, -0.25) is 4.99 Å². The van der Waals surface area contributed by atoms with E-state index >= 15 is 0 Å². The summed E-state index contributed by atoms with van der Waals surface area (Å²) < 4.78 is 13.3. The lowest BCUT2D eigenvalue weighted by Gasteiger charge is -2.44. The first-order valence-electron chi connectivity index (χ1n) is 10.1. The van der Waals surface area contributed by atoms with Crippen molar-refractivity contribution in [3.63, 3.8) is 0 Å². The Kier molecular flexibility index (Phi) is 5.46. The zero-order chi connectivity index (χ0) is 19.4.